The summed E-state index contributed by atoms with van der Waals surface area (Å²) in [6.07, 6.45) is 2.38. The van der Waals surface area contributed by atoms with E-state index in [1.807, 2.05) is 20.8 Å². The van der Waals surface area contributed by atoms with E-state index in [0.717, 1.165) is 12.8 Å². The number of likely N-dealkylation sites (N-methyl/N-ethyl adjacent to an activating group) is 1. The third kappa shape index (κ3) is 7.42. The van der Waals surface area contributed by atoms with Gasteiger partial charge in [0, 0.05) is 51.0 Å². The predicted octanol–water partition coefficient (Wildman–Crippen LogP) is 0.929. The van der Waals surface area contributed by atoms with Crippen molar-refractivity contribution in [2.24, 2.45) is 11.3 Å². The van der Waals surface area contributed by atoms with Gasteiger partial charge in [-0.05, 0) is 12.8 Å². The van der Waals surface area contributed by atoms with Gasteiger partial charge in [0.1, 0.15) is 0 Å². The van der Waals surface area contributed by atoms with Gasteiger partial charge in [0.15, 0.2) is 0 Å². The van der Waals surface area contributed by atoms with Gasteiger partial charge >= 0.3 is 0 Å². The van der Waals surface area contributed by atoms with Crippen molar-refractivity contribution in [2.75, 3.05) is 33.9 Å². The van der Waals surface area contributed by atoms with Gasteiger partial charge in [-0.1, -0.05) is 27.2 Å². The lowest BCUT2D eigenvalue weighted by Crippen LogP contribution is -2.47. The molecule has 0 bridgehead atoms. The van der Waals surface area contributed by atoms with Gasteiger partial charge < -0.3 is 20.3 Å². The molecule has 2 unspecified atom stereocenters. The summed E-state index contributed by atoms with van der Waals surface area (Å²) in [5, 5.41) is 5.86. The highest BCUT2D eigenvalue weighted by Crippen LogP contribution is 2.20. The van der Waals surface area contributed by atoms with Gasteiger partial charge in [0.2, 0.25) is 17.7 Å². The van der Waals surface area contributed by atoms with Crippen LogP contribution in [-0.4, -0.2) is 62.5 Å². The summed E-state index contributed by atoms with van der Waals surface area (Å²) >= 11 is 0. The zero-order valence-corrected chi connectivity index (χ0v) is 16.2. The summed E-state index contributed by atoms with van der Waals surface area (Å²) in [6, 6.07) is -0.0871. The summed E-state index contributed by atoms with van der Waals surface area (Å²) in [7, 11) is 3.31. The maximum atomic E-state index is 12.4. The number of hydrogen-bond acceptors (Lipinski definition) is 4. The largest absolute Gasteiger partial charge is 0.383 e. The smallest absolute Gasteiger partial charge is 0.225 e. The monoisotopic (exact) mass is 355 g/mol. The van der Waals surface area contributed by atoms with Crippen molar-refractivity contribution in [2.45, 2.75) is 52.5 Å². The molecule has 25 heavy (non-hydrogen) atoms. The van der Waals surface area contributed by atoms with Crippen LogP contribution in [0, 0.1) is 11.3 Å². The lowest BCUT2D eigenvalue weighted by molar-refractivity contribution is -0.136. The van der Waals surface area contributed by atoms with Crippen molar-refractivity contribution >= 4 is 17.7 Å². The maximum Gasteiger partial charge on any atom is 0.225 e. The van der Waals surface area contributed by atoms with Crippen LogP contribution in [0.1, 0.15) is 46.5 Å². The minimum Gasteiger partial charge on any atom is -0.383 e. The number of carbonyl (C=O) groups excluding carboxylic acids is 3. The van der Waals surface area contributed by atoms with E-state index in [1.54, 1.807) is 19.1 Å². The van der Waals surface area contributed by atoms with E-state index < -0.39 is 5.41 Å². The van der Waals surface area contributed by atoms with E-state index in [0.29, 0.717) is 26.1 Å². The number of carbonyl (C=O) groups is 3. The third-order valence-electron chi connectivity index (χ3n) is 4.44. The molecule has 0 aromatic heterocycles. The van der Waals surface area contributed by atoms with Crippen LogP contribution < -0.4 is 10.6 Å². The Labute approximate surface area is 150 Å². The van der Waals surface area contributed by atoms with Crippen LogP contribution in [-0.2, 0) is 19.1 Å². The first-order chi connectivity index (χ1) is 11.6. The number of ether oxygens (including phenoxy) is 1. The van der Waals surface area contributed by atoms with E-state index in [-0.39, 0.29) is 36.1 Å². The fourth-order valence-corrected chi connectivity index (χ4v) is 2.77. The Bertz CT molecular complexity index is 473. The standard InChI is InChI=1S/C18H33N3O4/c1-18(2,3)17(24)20-14-8-6-7-13(11-15(22)21(4)12-14)16(23)19-9-10-25-5/h13-14H,6-12H2,1-5H3,(H,19,23)(H,20,24). The molecule has 3 amide bonds. The number of nitrogens with one attached hydrogen (secondary N) is 2. The lowest BCUT2D eigenvalue weighted by Gasteiger charge is -2.27. The first-order valence-electron chi connectivity index (χ1n) is 8.96. The van der Waals surface area contributed by atoms with Crippen LogP contribution in [0.5, 0.6) is 0 Å². The summed E-state index contributed by atoms with van der Waals surface area (Å²) in [4.78, 5) is 38.5. The summed E-state index contributed by atoms with van der Waals surface area (Å²) in [5.41, 5.74) is -0.467. The maximum absolute atomic E-state index is 12.4. The van der Waals surface area contributed by atoms with Crippen LogP contribution in [0.25, 0.3) is 0 Å². The Hall–Kier alpha value is -1.63. The predicted molar refractivity (Wildman–Crippen MR) is 95.9 cm³/mol. The molecule has 7 heteroatoms. The molecule has 1 rings (SSSR count). The molecule has 2 atom stereocenters. The van der Waals surface area contributed by atoms with Gasteiger partial charge in [0.25, 0.3) is 0 Å². The highest BCUT2D eigenvalue weighted by molar-refractivity contribution is 5.86. The SMILES string of the molecule is COCCNC(=O)C1CCCC(NC(=O)C(C)(C)C)CN(C)C(=O)C1. The van der Waals surface area contributed by atoms with E-state index >= 15 is 0 Å². The van der Waals surface area contributed by atoms with Crippen LogP contribution in [0.2, 0.25) is 0 Å². The van der Waals surface area contributed by atoms with Gasteiger partial charge in [-0.2, -0.15) is 0 Å². The van der Waals surface area contributed by atoms with Crippen molar-refractivity contribution in [3.63, 3.8) is 0 Å². The average Bonchev–Trinajstić information content (AvgIpc) is 2.58. The molecule has 1 heterocycles. The normalized spacial score (nSPS) is 22.6. The van der Waals surface area contributed by atoms with Gasteiger partial charge in [-0.3, -0.25) is 14.4 Å². The number of rotatable bonds is 5. The van der Waals surface area contributed by atoms with Gasteiger partial charge in [-0.15, -0.1) is 0 Å². The molecule has 1 fully saturated rings. The molecule has 1 aliphatic heterocycles. The molecule has 0 radical (unpaired) electrons. The summed E-state index contributed by atoms with van der Waals surface area (Å²) in [5.74, 6) is -0.518. The Morgan fingerprint density at radius 3 is 2.56 bits per heavy atom. The van der Waals surface area contributed by atoms with Gasteiger partial charge in [-0.25, -0.2) is 0 Å². The van der Waals surface area contributed by atoms with Crippen LogP contribution in [0.15, 0.2) is 0 Å². The quantitative estimate of drug-likeness (QED) is 0.718. The fourth-order valence-electron chi connectivity index (χ4n) is 2.77. The minimum atomic E-state index is -0.467. The molecule has 2 N–H and O–H groups in total. The second-order valence-corrected chi connectivity index (χ2v) is 7.81. The van der Waals surface area contributed by atoms with E-state index in [4.69, 9.17) is 4.74 Å². The fraction of sp³-hybridized carbons (Fsp3) is 0.833. The highest BCUT2D eigenvalue weighted by atomic mass is 16.5. The molecule has 0 saturated carbocycles. The second kappa shape index (κ2) is 9.75. The highest BCUT2D eigenvalue weighted by Gasteiger charge is 2.29. The average molecular weight is 355 g/mol. The molecule has 1 aliphatic rings. The molecule has 0 spiro atoms. The molecule has 144 valence electrons. The number of methoxy groups -OCH3 is 1. The Morgan fingerprint density at radius 1 is 1.28 bits per heavy atom. The number of amides is 3. The molecule has 0 aromatic rings. The van der Waals surface area contributed by atoms with E-state index in [9.17, 15) is 14.4 Å². The third-order valence-corrected chi connectivity index (χ3v) is 4.44. The molecular formula is C18H33N3O4. The summed E-state index contributed by atoms with van der Waals surface area (Å²) < 4.78 is 4.93. The van der Waals surface area contributed by atoms with Gasteiger partial charge in [0.05, 0.1) is 6.61 Å². The first kappa shape index (κ1) is 21.4. The van der Waals surface area contributed by atoms with Crippen molar-refractivity contribution in [1.29, 1.82) is 0 Å². The van der Waals surface area contributed by atoms with Crippen LogP contribution in [0.4, 0.5) is 0 Å². The molecule has 0 aliphatic carbocycles. The van der Waals surface area contributed by atoms with Crippen molar-refractivity contribution in [1.82, 2.24) is 15.5 Å². The second-order valence-electron chi connectivity index (χ2n) is 7.81. The zero-order valence-electron chi connectivity index (χ0n) is 16.2. The van der Waals surface area contributed by atoms with Crippen molar-refractivity contribution < 1.29 is 19.1 Å². The van der Waals surface area contributed by atoms with Crippen LogP contribution in [0.3, 0.4) is 0 Å². The Morgan fingerprint density at radius 2 is 1.96 bits per heavy atom. The summed E-state index contributed by atoms with van der Waals surface area (Å²) in [6.45, 7) is 6.97. The van der Waals surface area contributed by atoms with Crippen molar-refractivity contribution in [3.05, 3.63) is 0 Å². The number of nitrogens with zero attached hydrogens (tertiary/aromatic N) is 1. The molecular weight excluding hydrogens is 322 g/mol. The Balaban J connectivity index is 2.69. The Kier molecular flexibility index (Phi) is 8.35. The van der Waals surface area contributed by atoms with Crippen molar-refractivity contribution in [3.8, 4) is 0 Å². The van der Waals surface area contributed by atoms with E-state index in [1.165, 1.54) is 0 Å². The lowest BCUT2D eigenvalue weighted by atomic mass is 9.94. The number of hydrogen-bond donors (Lipinski definition) is 2. The first-order valence-corrected chi connectivity index (χ1v) is 8.96. The van der Waals surface area contributed by atoms with Crippen LogP contribution >= 0.6 is 0 Å². The molecule has 7 nitrogen and oxygen atoms in total. The van der Waals surface area contributed by atoms with E-state index in [2.05, 4.69) is 10.6 Å². The topological polar surface area (TPSA) is 87.7 Å². The molecule has 1 saturated heterocycles. The molecule has 0 aromatic carbocycles. The minimum absolute atomic E-state index is 0.0218. The zero-order chi connectivity index (χ0) is 19.0.